The molecule has 0 radical (unpaired) electrons. The summed E-state index contributed by atoms with van der Waals surface area (Å²) in [4.78, 5) is 14.8. The van der Waals surface area contributed by atoms with E-state index in [4.69, 9.17) is 0 Å². The molecule has 2 heterocycles. The number of nitrogens with zero attached hydrogens (tertiary/aromatic N) is 2. The van der Waals surface area contributed by atoms with Gasteiger partial charge in [-0.15, -0.1) is 0 Å². The van der Waals surface area contributed by atoms with Crippen LogP contribution in [-0.2, 0) is 10.0 Å². The Morgan fingerprint density at radius 2 is 1.83 bits per heavy atom. The van der Waals surface area contributed by atoms with Gasteiger partial charge in [0.25, 0.3) is 5.91 Å². The average molecular weight is 351 g/mol. The Morgan fingerprint density at radius 1 is 1.12 bits per heavy atom. The van der Waals surface area contributed by atoms with Gasteiger partial charge in [0.15, 0.2) is 0 Å². The predicted molar refractivity (Wildman–Crippen MR) is 92.4 cm³/mol. The molecule has 7 heteroatoms. The van der Waals surface area contributed by atoms with Crippen LogP contribution in [0.5, 0.6) is 0 Å². The van der Waals surface area contributed by atoms with Gasteiger partial charge in [-0.05, 0) is 31.9 Å². The van der Waals surface area contributed by atoms with Gasteiger partial charge in [-0.25, -0.2) is 8.42 Å². The molecular weight excluding hydrogens is 326 g/mol. The molecule has 1 aromatic rings. The van der Waals surface area contributed by atoms with Crippen molar-refractivity contribution in [1.29, 1.82) is 0 Å². The molecule has 1 N–H and O–H groups in total. The Balaban J connectivity index is 1.91. The first-order valence-corrected chi connectivity index (χ1v) is 10.1. The number of benzene rings is 1. The second-order valence-electron chi connectivity index (χ2n) is 6.57. The topological polar surface area (TPSA) is 69.7 Å². The first-order valence-electron chi connectivity index (χ1n) is 8.62. The van der Waals surface area contributed by atoms with Gasteiger partial charge in [0, 0.05) is 38.8 Å². The summed E-state index contributed by atoms with van der Waals surface area (Å²) in [7, 11) is -3.62. The van der Waals surface area contributed by atoms with E-state index in [1.54, 1.807) is 29.2 Å². The number of amides is 1. The van der Waals surface area contributed by atoms with Crippen LogP contribution in [0.3, 0.4) is 0 Å². The summed E-state index contributed by atoms with van der Waals surface area (Å²) in [6.07, 6.45) is 2.82. The van der Waals surface area contributed by atoms with Crippen molar-refractivity contribution in [3.05, 3.63) is 29.8 Å². The van der Waals surface area contributed by atoms with E-state index in [1.165, 1.54) is 4.31 Å². The molecule has 0 aromatic heterocycles. The molecule has 1 aromatic carbocycles. The molecule has 1 unspecified atom stereocenters. The normalized spacial score (nSPS) is 23.2. The highest BCUT2D eigenvalue weighted by Crippen LogP contribution is 2.24. The van der Waals surface area contributed by atoms with Gasteiger partial charge >= 0.3 is 0 Å². The lowest BCUT2D eigenvalue weighted by atomic mass is 10.1. The van der Waals surface area contributed by atoms with Gasteiger partial charge in [0.1, 0.15) is 0 Å². The Bertz CT molecular complexity index is 699. The summed E-state index contributed by atoms with van der Waals surface area (Å²) in [6.45, 7) is 5.02. The number of rotatable bonds is 3. The number of sulfonamides is 1. The fourth-order valence-corrected chi connectivity index (χ4v) is 5.10. The Morgan fingerprint density at radius 3 is 2.54 bits per heavy atom. The van der Waals surface area contributed by atoms with Crippen LogP contribution in [0.1, 0.15) is 36.5 Å². The highest BCUT2D eigenvalue weighted by Gasteiger charge is 2.31. The zero-order chi connectivity index (χ0) is 17.2. The number of carbonyl (C=O) groups is 1. The maximum atomic E-state index is 13.0. The number of piperidine rings is 1. The molecule has 0 aliphatic carbocycles. The lowest BCUT2D eigenvalue weighted by Gasteiger charge is -2.33. The zero-order valence-electron chi connectivity index (χ0n) is 14.1. The van der Waals surface area contributed by atoms with E-state index >= 15 is 0 Å². The van der Waals surface area contributed by atoms with Crippen LogP contribution in [0.25, 0.3) is 0 Å². The Labute approximate surface area is 143 Å². The van der Waals surface area contributed by atoms with Crippen LogP contribution < -0.4 is 5.32 Å². The lowest BCUT2D eigenvalue weighted by molar-refractivity contribution is 0.0705. The van der Waals surface area contributed by atoms with Crippen molar-refractivity contribution in [2.75, 3.05) is 32.7 Å². The minimum atomic E-state index is -3.62. The van der Waals surface area contributed by atoms with Crippen molar-refractivity contribution in [2.24, 2.45) is 0 Å². The number of hydrogen-bond acceptors (Lipinski definition) is 4. The molecule has 3 rings (SSSR count). The third-order valence-electron chi connectivity index (χ3n) is 4.71. The molecular formula is C17H25N3O3S. The molecule has 132 valence electrons. The summed E-state index contributed by atoms with van der Waals surface area (Å²) in [5.41, 5.74) is 0.289. The summed E-state index contributed by atoms with van der Waals surface area (Å²) in [5, 5.41) is 3.29. The van der Waals surface area contributed by atoms with E-state index in [0.717, 1.165) is 25.8 Å². The van der Waals surface area contributed by atoms with Gasteiger partial charge in [-0.3, -0.25) is 4.79 Å². The van der Waals surface area contributed by atoms with Gasteiger partial charge in [-0.2, -0.15) is 4.31 Å². The average Bonchev–Trinajstić information content (AvgIpc) is 2.62. The monoisotopic (exact) mass is 351 g/mol. The van der Waals surface area contributed by atoms with E-state index in [-0.39, 0.29) is 22.4 Å². The maximum absolute atomic E-state index is 13.0. The van der Waals surface area contributed by atoms with Crippen LogP contribution in [0.2, 0.25) is 0 Å². The minimum absolute atomic E-state index is 0.142. The van der Waals surface area contributed by atoms with Gasteiger partial charge in [0.2, 0.25) is 10.0 Å². The fraction of sp³-hybridized carbons (Fsp3) is 0.588. The molecule has 0 saturated carbocycles. The summed E-state index contributed by atoms with van der Waals surface area (Å²) < 4.78 is 27.5. The molecule has 6 nitrogen and oxygen atoms in total. The predicted octanol–water partition coefficient (Wildman–Crippen LogP) is 1.30. The SMILES string of the molecule is CC1CN(C(=O)c2ccccc2S(=O)(=O)N2CCCCC2)CCN1. The first-order chi connectivity index (χ1) is 11.5. The molecule has 2 aliphatic heterocycles. The second kappa shape index (κ2) is 7.21. The van der Waals surface area contributed by atoms with Gasteiger partial charge < -0.3 is 10.2 Å². The lowest BCUT2D eigenvalue weighted by Crippen LogP contribution is -2.51. The van der Waals surface area contributed by atoms with Crippen molar-refractivity contribution in [3.63, 3.8) is 0 Å². The number of nitrogens with one attached hydrogen (secondary N) is 1. The van der Waals surface area contributed by atoms with Crippen molar-refractivity contribution in [2.45, 2.75) is 37.1 Å². The van der Waals surface area contributed by atoms with Crippen LogP contribution in [0.4, 0.5) is 0 Å². The Hall–Kier alpha value is -1.44. The largest absolute Gasteiger partial charge is 0.336 e. The fourth-order valence-electron chi connectivity index (χ4n) is 3.40. The second-order valence-corrected chi connectivity index (χ2v) is 8.47. The van der Waals surface area contributed by atoms with Crippen molar-refractivity contribution in [3.8, 4) is 0 Å². The molecule has 0 spiro atoms. The molecule has 2 aliphatic rings. The molecule has 2 fully saturated rings. The van der Waals surface area contributed by atoms with Crippen LogP contribution in [0.15, 0.2) is 29.2 Å². The summed E-state index contributed by atoms with van der Waals surface area (Å²) in [6, 6.07) is 6.82. The van der Waals surface area contributed by atoms with Crippen molar-refractivity contribution in [1.82, 2.24) is 14.5 Å². The van der Waals surface area contributed by atoms with E-state index in [1.807, 2.05) is 6.92 Å². The van der Waals surface area contributed by atoms with E-state index in [9.17, 15) is 13.2 Å². The number of piperazine rings is 1. The van der Waals surface area contributed by atoms with Gasteiger partial charge in [0.05, 0.1) is 10.5 Å². The summed E-state index contributed by atoms with van der Waals surface area (Å²) >= 11 is 0. The third-order valence-corrected chi connectivity index (χ3v) is 6.66. The first kappa shape index (κ1) is 17.4. The van der Waals surface area contributed by atoms with E-state index in [2.05, 4.69) is 5.32 Å². The van der Waals surface area contributed by atoms with Crippen LogP contribution >= 0.6 is 0 Å². The number of hydrogen-bond donors (Lipinski definition) is 1. The molecule has 2 saturated heterocycles. The Kier molecular flexibility index (Phi) is 5.22. The summed E-state index contributed by atoms with van der Waals surface area (Å²) in [5.74, 6) is -0.195. The molecule has 1 atom stereocenters. The molecule has 24 heavy (non-hydrogen) atoms. The minimum Gasteiger partial charge on any atom is -0.336 e. The third kappa shape index (κ3) is 3.48. The highest BCUT2D eigenvalue weighted by atomic mass is 32.2. The van der Waals surface area contributed by atoms with E-state index in [0.29, 0.717) is 26.2 Å². The van der Waals surface area contributed by atoms with Crippen molar-refractivity contribution >= 4 is 15.9 Å². The highest BCUT2D eigenvalue weighted by molar-refractivity contribution is 7.89. The zero-order valence-corrected chi connectivity index (χ0v) is 14.9. The quantitative estimate of drug-likeness (QED) is 0.891. The van der Waals surface area contributed by atoms with Crippen LogP contribution in [-0.4, -0.2) is 62.3 Å². The van der Waals surface area contributed by atoms with E-state index < -0.39 is 10.0 Å². The maximum Gasteiger partial charge on any atom is 0.255 e. The van der Waals surface area contributed by atoms with Crippen LogP contribution in [0, 0.1) is 0 Å². The standard InChI is InChI=1S/C17H25N3O3S/c1-14-13-19(12-9-18-14)17(21)15-7-3-4-8-16(15)24(22,23)20-10-5-2-6-11-20/h3-4,7-8,14,18H,2,5-6,9-13H2,1H3. The van der Waals surface area contributed by atoms with Crippen molar-refractivity contribution < 1.29 is 13.2 Å². The van der Waals surface area contributed by atoms with Gasteiger partial charge in [-0.1, -0.05) is 18.6 Å². The smallest absolute Gasteiger partial charge is 0.255 e. The molecule has 0 bridgehead atoms. The molecule has 1 amide bonds. The number of carbonyl (C=O) groups excluding carboxylic acids is 1.